The molecule has 0 aliphatic carbocycles. The number of sulfonamides is 1. The Morgan fingerprint density at radius 1 is 1.11 bits per heavy atom. The van der Waals surface area contributed by atoms with Gasteiger partial charge in [-0.05, 0) is 43.7 Å². The number of piperidine rings is 2. The van der Waals surface area contributed by atoms with Gasteiger partial charge in [0.1, 0.15) is 4.21 Å². The number of carbonyl (C=O) groups is 2. The number of amides is 2. The standard InChI is InChI=1S/C19H29N3O4S2/c1-15(23)20-14-16-7-11-21(12-8-16)18(24)13-17-5-6-19(27-17)28(25,26)22-9-3-2-4-10-22/h5-6,16H,2-4,7-14H2,1H3,(H,20,23). The molecule has 9 heteroatoms. The Morgan fingerprint density at radius 2 is 1.79 bits per heavy atom. The van der Waals surface area contributed by atoms with Crippen molar-refractivity contribution in [3.8, 4) is 0 Å². The number of rotatable bonds is 6. The lowest BCUT2D eigenvalue weighted by Gasteiger charge is -2.32. The third-order valence-electron chi connectivity index (χ3n) is 5.48. The lowest BCUT2D eigenvalue weighted by molar-refractivity contribution is -0.132. The van der Waals surface area contributed by atoms with E-state index in [2.05, 4.69) is 5.32 Å². The second-order valence-corrected chi connectivity index (χ2v) is 11.0. The van der Waals surface area contributed by atoms with Crippen LogP contribution in [0.3, 0.4) is 0 Å². The molecule has 0 bridgehead atoms. The highest BCUT2D eigenvalue weighted by Crippen LogP contribution is 2.28. The zero-order valence-corrected chi connectivity index (χ0v) is 18.0. The zero-order chi connectivity index (χ0) is 20.1. The van der Waals surface area contributed by atoms with Crippen LogP contribution in [0.15, 0.2) is 16.3 Å². The summed E-state index contributed by atoms with van der Waals surface area (Å²) < 4.78 is 27.4. The first-order valence-corrected chi connectivity index (χ1v) is 12.2. The summed E-state index contributed by atoms with van der Waals surface area (Å²) in [5.74, 6) is 0.434. The van der Waals surface area contributed by atoms with E-state index < -0.39 is 10.0 Å². The molecule has 0 spiro atoms. The molecular weight excluding hydrogens is 398 g/mol. The number of likely N-dealkylation sites (tertiary alicyclic amines) is 1. The molecule has 0 atom stereocenters. The summed E-state index contributed by atoms with van der Waals surface area (Å²) in [5, 5.41) is 2.84. The van der Waals surface area contributed by atoms with Crippen LogP contribution in [0, 0.1) is 5.92 Å². The predicted molar refractivity (Wildman–Crippen MR) is 109 cm³/mol. The van der Waals surface area contributed by atoms with Crippen LogP contribution in [0.5, 0.6) is 0 Å². The zero-order valence-electron chi connectivity index (χ0n) is 16.4. The molecule has 28 heavy (non-hydrogen) atoms. The second-order valence-electron chi connectivity index (χ2n) is 7.62. The molecular formula is C19H29N3O4S2. The molecule has 1 aromatic rings. The van der Waals surface area contributed by atoms with Gasteiger partial charge in [0.05, 0.1) is 6.42 Å². The normalized spacial score (nSPS) is 19.5. The van der Waals surface area contributed by atoms with Gasteiger partial charge in [-0.1, -0.05) is 6.42 Å². The van der Waals surface area contributed by atoms with Gasteiger partial charge in [0.15, 0.2) is 0 Å². The van der Waals surface area contributed by atoms with E-state index in [1.54, 1.807) is 16.4 Å². The van der Waals surface area contributed by atoms with Crippen molar-refractivity contribution in [1.29, 1.82) is 0 Å². The molecule has 3 heterocycles. The van der Waals surface area contributed by atoms with Crippen LogP contribution in [0.4, 0.5) is 0 Å². The lowest BCUT2D eigenvalue weighted by Crippen LogP contribution is -2.41. The molecule has 0 radical (unpaired) electrons. The van der Waals surface area contributed by atoms with Crippen molar-refractivity contribution < 1.29 is 18.0 Å². The van der Waals surface area contributed by atoms with Crippen LogP contribution >= 0.6 is 11.3 Å². The van der Waals surface area contributed by atoms with E-state index in [9.17, 15) is 18.0 Å². The molecule has 2 aliphatic heterocycles. The fourth-order valence-electron chi connectivity index (χ4n) is 3.76. The van der Waals surface area contributed by atoms with E-state index in [0.717, 1.165) is 37.0 Å². The second kappa shape index (κ2) is 9.37. The molecule has 2 fully saturated rings. The van der Waals surface area contributed by atoms with Crippen LogP contribution in [0.2, 0.25) is 0 Å². The van der Waals surface area contributed by atoms with Gasteiger partial charge < -0.3 is 10.2 Å². The molecule has 0 unspecified atom stereocenters. The number of carbonyl (C=O) groups excluding carboxylic acids is 2. The fourth-order valence-corrected chi connectivity index (χ4v) is 6.78. The number of nitrogens with zero attached hydrogens (tertiary/aromatic N) is 2. The third-order valence-corrected chi connectivity index (χ3v) is 8.93. The molecule has 156 valence electrons. The van der Waals surface area contributed by atoms with Gasteiger partial charge in [0, 0.05) is 44.5 Å². The Morgan fingerprint density at radius 3 is 2.43 bits per heavy atom. The number of hydrogen-bond donors (Lipinski definition) is 1. The first-order valence-electron chi connectivity index (χ1n) is 9.97. The monoisotopic (exact) mass is 427 g/mol. The van der Waals surface area contributed by atoms with Crippen molar-refractivity contribution in [2.45, 2.75) is 49.7 Å². The third kappa shape index (κ3) is 5.33. The number of nitrogens with one attached hydrogen (secondary N) is 1. The van der Waals surface area contributed by atoms with Crippen molar-refractivity contribution in [2.24, 2.45) is 5.92 Å². The van der Waals surface area contributed by atoms with E-state index in [1.165, 1.54) is 18.3 Å². The Balaban J connectivity index is 1.52. The summed E-state index contributed by atoms with van der Waals surface area (Å²) in [4.78, 5) is 26.3. The van der Waals surface area contributed by atoms with Gasteiger partial charge >= 0.3 is 0 Å². The maximum Gasteiger partial charge on any atom is 0.252 e. The molecule has 0 aromatic carbocycles. The highest BCUT2D eigenvalue weighted by Gasteiger charge is 2.28. The van der Waals surface area contributed by atoms with Crippen LogP contribution in [-0.2, 0) is 26.0 Å². The van der Waals surface area contributed by atoms with Crippen LogP contribution in [0.1, 0.15) is 43.9 Å². The lowest BCUT2D eigenvalue weighted by atomic mass is 9.96. The van der Waals surface area contributed by atoms with Crippen molar-refractivity contribution in [3.05, 3.63) is 17.0 Å². The average molecular weight is 428 g/mol. The highest BCUT2D eigenvalue weighted by atomic mass is 32.2. The van der Waals surface area contributed by atoms with E-state index >= 15 is 0 Å². The number of hydrogen-bond acceptors (Lipinski definition) is 5. The Bertz CT molecular complexity index is 792. The minimum Gasteiger partial charge on any atom is -0.356 e. The average Bonchev–Trinajstić information content (AvgIpc) is 3.17. The Kier molecular flexibility index (Phi) is 7.11. The SMILES string of the molecule is CC(=O)NCC1CCN(C(=O)Cc2ccc(S(=O)(=O)N3CCCCC3)s2)CC1. The van der Waals surface area contributed by atoms with Crippen molar-refractivity contribution in [1.82, 2.24) is 14.5 Å². The number of thiophene rings is 1. The minimum atomic E-state index is -3.43. The van der Waals surface area contributed by atoms with Crippen LogP contribution in [0.25, 0.3) is 0 Å². The van der Waals surface area contributed by atoms with Gasteiger partial charge in [-0.25, -0.2) is 8.42 Å². The van der Waals surface area contributed by atoms with Crippen molar-refractivity contribution in [2.75, 3.05) is 32.7 Å². The molecule has 2 aliphatic rings. The first kappa shape index (κ1) is 21.3. The summed E-state index contributed by atoms with van der Waals surface area (Å²) in [5.41, 5.74) is 0. The van der Waals surface area contributed by atoms with Gasteiger partial charge in [0.2, 0.25) is 11.8 Å². The Labute approximate surface area is 171 Å². The summed E-state index contributed by atoms with van der Waals surface area (Å²) >= 11 is 1.21. The predicted octanol–water partition coefficient (Wildman–Crippen LogP) is 1.84. The van der Waals surface area contributed by atoms with E-state index in [4.69, 9.17) is 0 Å². The van der Waals surface area contributed by atoms with E-state index in [1.807, 2.05) is 4.90 Å². The van der Waals surface area contributed by atoms with Gasteiger partial charge in [-0.3, -0.25) is 9.59 Å². The molecule has 1 aromatic heterocycles. The maximum absolute atomic E-state index is 12.7. The first-order chi connectivity index (χ1) is 13.4. The highest BCUT2D eigenvalue weighted by molar-refractivity contribution is 7.91. The van der Waals surface area contributed by atoms with E-state index in [-0.39, 0.29) is 18.2 Å². The molecule has 7 nitrogen and oxygen atoms in total. The molecule has 0 saturated carbocycles. The molecule has 2 saturated heterocycles. The fraction of sp³-hybridized carbons (Fsp3) is 0.684. The summed E-state index contributed by atoms with van der Waals surface area (Å²) in [6, 6.07) is 3.40. The molecule has 2 amide bonds. The largest absolute Gasteiger partial charge is 0.356 e. The van der Waals surface area contributed by atoms with Crippen LogP contribution < -0.4 is 5.32 Å². The van der Waals surface area contributed by atoms with Gasteiger partial charge in [-0.15, -0.1) is 11.3 Å². The van der Waals surface area contributed by atoms with Crippen molar-refractivity contribution >= 4 is 33.2 Å². The minimum absolute atomic E-state index is 0.0217. The van der Waals surface area contributed by atoms with Crippen molar-refractivity contribution in [3.63, 3.8) is 0 Å². The quantitative estimate of drug-likeness (QED) is 0.751. The molecule has 3 rings (SSSR count). The van der Waals surface area contributed by atoms with E-state index in [0.29, 0.717) is 42.9 Å². The smallest absolute Gasteiger partial charge is 0.252 e. The summed E-state index contributed by atoms with van der Waals surface area (Å²) in [6.07, 6.45) is 4.91. The molecule has 1 N–H and O–H groups in total. The Hall–Kier alpha value is -1.45. The van der Waals surface area contributed by atoms with Crippen LogP contribution in [-0.4, -0.2) is 62.2 Å². The summed E-state index contributed by atoms with van der Waals surface area (Å²) in [7, 11) is -3.43. The summed E-state index contributed by atoms with van der Waals surface area (Å²) in [6.45, 7) is 4.73. The maximum atomic E-state index is 12.7. The van der Waals surface area contributed by atoms with Gasteiger partial charge in [0.25, 0.3) is 10.0 Å². The topological polar surface area (TPSA) is 86.8 Å². The van der Waals surface area contributed by atoms with Gasteiger partial charge in [-0.2, -0.15) is 4.31 Å².